The zero-order valence-electron chi connectivity index (χ0n) is 10.7. The van der Waals surface area contributed by atoms with Gasteiger partial charge in [0.15, 0.2) is 0 Å². The van der Waals surface area contributed by atoms with E-state index in [-0.39, 0.29) is 5.91 Å². The number of amides is 1. The van der Waals surface area contributed by atoms with Crippen molar-refractivity contribution in [3.63, 3.8) is 0 Å². The summed E-state index contributed by atoms with van der Waals surface area (Å²) >= 11 is 1.74. The van der Waals surface area contributed by atoms with Crippen molar-refractivity contribution in [3.8, 4) is 0 Å². The third kappa shape index (κ3) is 4.76. The van der Waals surface area contributed by atoms with E-state index in [9.17, 15) is 4.79 Å². The number of carbonyl (C=O) groups is 1. The Morgan fingerprint density at radius 1 is 1.44 bits per heavy atom. The van der Waals surface area contributed by atoms with Crippen LogP contribution in [0.4, 0.5) is 0 Å². The highest BCUT2D eigenvalue weighted by molar-refractivity contribution is 7.09. The molecule has 18 heavy (non-hydrogen) atoms. The molecule has 1 aromatic rings. The van der Waals surface area contributed by atoms with Crippen molar-refractivity contribution in [3.05, 3.63) is 22.4 Å². The Bertz CT molecular complexity index is 347. The van der Waals surface area contributed by atoms with Crippen molar-refractivity contribution in [1.82, 2.24) is 15.5 Å². The van der Waals surface area contributed by atoms with Gasteiger partial charge in [0.25, 0.3) is 0 Å². The summed E-state index contributed by atoms with van der Waals surface area (Å²) in [5.41, 5.74) is 0. The average molecular weight is 267 g/mol. The molecule has 1 aromatic heterocycles. The second kappa shape index (κ2) is 7.51. The number of hydrogen-bond acceptors (Lipinski definition) is 4. The lowest BCUT2D eigenvalue weighted by molar-refractivity contribution is -0.121. The number of thiophene rings is 1. The zero-order chi connectivity index (χ0) is 12.6. The van der Waals surface area contributed by atoms with E-state index in [4.69, 9.17) is 0 Å². The van der Waals surface area contributed by atoms with Gasteiger partial charge in [-0.3, -0.25) is 4.79 Å². The molecular formula is C13H21N3OS. The minimum atomic E-state index is 0.171. The van der Waals surface area contributed by atoms with Gasteiger partial charge in [-0.05, 0) is 17.9 Å². The van der Waals surface area contributed by atoms with E-state index in [0.29, 0.717) is 6.42 Å². The molecule has 1 amide bonds. The minimum Gasteiger partial charge on any atom is -0.356 e. The van der Waals surface area contributed by atoms with E-state index in [1.165, 1.54) is 4.88 Å². The predicted molar refractivity (Wildman–Crippen MR) is 75.0 cm³/mol. The van der Waals surface area contributed by atoms with Gasteiger partial charge in [0.1, 0.15) is 0 Å². The van der Waals surface area contributed by atoms with E-state index in [0.717, 1.165) is 45.7 Å². The molecule has 0 aliphatic carbocycles. The van der Waals surface area contributed by atoms with Crippen LogP contribution in [0.25, 0.3) is 0 Å². The SMILES string of the molecule is O=C(CCN1CCNCC1)NCCc1cccs1. The fourth-order valence-electron chi connectivity index (χ4n) is 2.06. The maximum Gasteiger partial charge on any atom is 0.221 e. The molecule has 0 atom stereocenters. The van der Waals surface area contributed by atoms with Crippen molar-refractivity contribution in [1.29, 1.82) is 0 Å². The molecule has 5 heteroatoms. The fourth-order valence-corrected chi connectivity index (χ4v) is 2.77. The largest absolute Gasteiger partial charge is 0.356 e. The van der Waals surface area contributed by atoms with E-state index in [2.05, 4.69) is 27.0 Å². The van der Waals surface area contributed by atoms with Crippen LogP contribution in [0.3, 0.4) is 0 Å². The lowest BCUT2D eigenvalue weighted by Gasteiger charge is -2.26. The van der Waals surface area contributed by atoms with Gasteiger partial charge in [-0.1, -0.05) is 6.07 Å². The summed E-state index contributed by atoms with van der Waals surface area (Å²) in [4.78, 5) is 15.3. The number of piperazine rings is 1. The van der Waals surface area contributed by atoms with Gasteiger partial charge in [0.05, 0.1) is 0 Å². The maximum atomic E-state index is 11.7. The van der Waals surface area contributed by atoms with Gasteiger partial charge in [-0.15, -0.1) is 11.3 Å². The summed E-state index contributed by atoms with van der Waals surface area (Å²) < 4.78 is 0. The summed E-state index contributed by atoms with van der Waals surface area (Å²) in [6, 6.07) is 4.16. The lowest BCUT2D eigenvalue weighted by atomic mass is 10.3. The van der Waals surface area contributed by atoms with Crippen molar-refractivity contribution >= 4 is 17.2 Å². The highest BCUT2D eigenvalue weighted by Gasteiger charge is 2.10. The van der Waals surface area contributed by atoms with Crippen LogP contribution in [0.1, 0.15) is 11.3 Å². The normalized spacial score (nSPS) is 16.7. The first-order valence-electron chi connectivity index (χ1n) is 6.57. The molecule has 1 aliphatic rings. The van der Waals surface area contributed by atoms with Crippen LogP contribution in [0.2, 0.25) is 0 Å². The van der Waals surface area contributed by atoms with Crippen LogP contribution >= 0.6 is 11.3 Å². The third-order valence-electron chi connectivity index (χ3n) is 3.14. The smallest absolute Gasteiger partial charge is 0.221 e. The van der Waals surface area contributed by atoms with Crippen molar-refractivity contribution in [2.75, 3.05) is 39.3 Å². The first kappa shape index (κ1) is 13.5. The highest BCUT2D eigenvalue weighted by Crippen LogP contribution is 2.08. The van der Waals surface area contributed by atoms with Gasteiger partial charge in [0.2, 0.25) is 5.91 Å². The molecule has 0 aromatic carbocycles. The highest BCUT2D eigenvalue weighted by atomic mass is 32.1. The predicted octanol–water partition coefficient (Wildman–Crippen LogP) is 0.702. The second-order valence-electron chi connectivity index (χ2n) is 4.52. The number of nitrogens with zero attached hydrogens (tertiary/aromatic N) is 1. The van der Waals surface area contributed by atoms with Crippen LogP contribution in [-0.4, -0.2) is 50.1 Å². The molecule has 2 rings (SSSR count). The second-order valence-corrected chi connectivity index (χ2v) is 5.55. The van der Waals surface area contributed by atoms with Crippen LogP contribution in [0.15, 0.2) is 17.5 Å². The first-order chi connectivity index (χ1) is 8.84. The Kier molecular flexibility index (Phi) is 5.64. The van der Waals surface area contributed by atoms with Gasteiger partial charge < -0.3 is 15.5 Å². The number of hydrogen-bond donors (Lipinski definition) is 2. The Balaban J connectivity index is 1.54. The van der Waals surface area contributed by atoms with Gasteiger partial charge >= 0.3 is 0 Å². The van der Waals surface area contributed by atoms with Gasteiger partial charge in [0, 0.05) is 50.6 Å². The molecule has 2 N–H and O–H groups in total. The average Bonchev–Trinajstić information content (AvgIpc) is 2.91. The topological polar surface area (TPSA) is 44.4 Å². The summed E-state index contributed by atoms with van der Waals surface area (Å²) in [6.45, 7) is 5.83. The molecule has 1 fully saturated rings. The fraction of sp³-hybridized carbons (Fsp3) is 0.615. The Hall–Kier alpha value is -0.910. The molecule has 2 heterocycles. The van der Waals surface area contributed by atoms with Crippen molar-refractivity contribution < 1.29 is 4.79 Å². The molecular weight excluding hydrogens is 246 g/mol. The van der Waals surface area contributed by atoms with Crippen LogP contribution < -0.4 is 10.6 Å². The van der Waals surface area contributed by atoms with Crippen LogP contribution in [-0.2, 0) is 11.2 Å². The van der Waals surface area contributed by atoms with Gasteiger partial charge in [-0.25, -0.2) is 0 Å². The molecule has 0 spiro atoms. The van der Waals surface area contributed by atoms with Crippen molar-refractivity contribution in [2.24, 2.45) is 0 Å². The molecule has 0 bridgehead atoms. The van der Waals surface area contributed by atoms with E-state index >= 15 is 0 Å². The summed E-state index contributed by atoms with van der Waals surface area (Å²) in [7, 11) is 0. The van der Waals surface area contributed by atoms with Crippen LogP contribution in [0, 0.1) is 0 Å². The molecule has 4 nitrogen and oxygen atoms in total. The van der Waals surface area contributed by atoms with E-state index < -0.39 is 0 Å². The molecule has 0 saturated carbocycles. The molecule has 0 radical (unpaired) electrons. The number of nitrogens with one attached hydrogen (secondary N) is 2. The summed E-state index contributed by atoms with van der Waals surface area (Å²) in [6.07, 6.45) is 1.56. The quantitative estimate of drug-likeness (QED) is 0.797. The first-order valence-corrected chi connectivity index (χ1v) is 7.45. The monoisotopic (exact) mass is 267 g/mol. The Morgan fingerprint density at radius 2 is 2.28 bits per heavy atom. The number of carbonyl (C=O) groups excluding carboxylic acids is 1. The van der Waals surface area contributed by atoms with E-state index in [1.54, 1.807) is 11.3 Å². The van der Waals surface area contributed by atoms with Crippen molar-refractivity contribution in [2.45, 2.75) is 12.8 Å². The molecule has 100 valence electrons. The molecule has 1 aliphatic heterocycles. The molecule has 1 saturated heterocycles. The standard InChI is InChI=1S/C13H21N3OS/c17-13(4-8-16-9-6-14-7-10-16)15-5-3-12-2-1-11-18-12/h1-2,11,14H,3-10H2,(H,15,17). The maximum absolute atomic E-state index is 11.7. The zero-order valence-corrected chi connectivity index (χ0v) is 11.5. The van der Waals surface area contributed by atoms with Crippen LogP contribution in [0.5, 0.6) is 0 Å². The Labute approximate surface area is 112 Å². The summed E-state index contributed by atoms with van der Waals surface area (Å²) in [5, 5.41) is 8.37. The van der Waals surface area contributed by atoms with Gasteiger partial charge in [-0.2, -0.15) is 0 Å². The van der Waals surface area contributed by atoms with E-state index in [1.807, 2.05) is 6.07 Å². The molecule has 0 unspecified atom stereocenters. The Morgan fingerprint density at radius 3 is 3.00 bits per heavy atom. The summed E-state index contributed by atoms with van der Waals surface area (Å²) in [5.74, 6) is 0.171. The number of rotatable bonds is 6. The third-order valence-corrected chi connectivity index (χ3v) is 4.07. The minimum absolute atomic E-state index is 0.171. The lowest BCUT2D eigenvalue weighted by Crippen LogP contribution is -2.44.